The summed E-state index contributed by atoms with van der Waals surface area (Å²) in [5.74, 6) is 1.34. The van der Waals surface area contributed by atoms with E-state index >= 15 is 0 Å². The van der Waals surface area contributed by atoms with Crippen molar-refractivity contribution in [3.63, 3.8) is 0 Å². The first-order chi connectivity index (χ1) is 6.70. The summed E-state index contributed by atoms with van der Waals surface area (Å²) in [7, 11) is 1.65. The molecule has 0 saturated carbocycles. The van der Waals surface area contributed by atoms with E-state index in [-0.39, 0.29) is 17.3 Å². The zero-order valence-electron chi connectivity index (χ0n) is 7.71. The number of halogens is 2. The highest BCUT2D eigenvalue weighted by molar-refractivity contribution is 6.30. The van der Waals surface area contributed by atoms with Crippen LogP contribution in [0.25, 0.3) is 0 Å². The van der Waals surface area contributed by atoms with E-state index < -0.39 is 0 Å². The molecule has 1 aliphatic carbocycles. The number of ether oxygens (including phenoxy) is 1. The van der Waals surface area contributed by atoms with Crippen LogP contribution in [0.3, 0.4) is 0 Å². The maximum Gasteiger partial charge on any atom is 0.115 e. The van der Waals surface area contributed by atoms with Crippen LogP contribution in [-0.4, -0.2) is 12.6 Å². The van der Waals surface area contributed by atoms with Gasteiger partial charge in [0.25, 0.3) is 0 Å². The zero-order chi connectivity index (χ0) is 10.1. The lowest BCUT2D eigenvalue weighted by molar-refractivity contribution is 0.294. The second kappa shape index (κ2) is 3.87. The first kappa shape index (κ1) is 9.94. The molecule has 2 nitrogen and oxygen atoms in total. The summed E-state index contributed by atoms with van der Waals surface area (Å²) in [5, 5.41) is 3.59. The largest absolute Gasteiger partial charge is 0.497 e. The molecule has 0 spiro atoms. The summed E-state index contributed by atoms with van der Waals surface area (Å²) >= 11 is 12.0. The average molecular weight is 232 g/mol. The Morgan fingerprint density at radius 3 is 2.93 bits per heavy atom. The molecule has 0 bridgehead atoms. The Hall–Kier alpha value is -0.600. The fraction of sp³-hybridized carbons (Fsp3) is 0.400. The van der Waals surface area contributed by atoms with Gasteiger partial charge in [-0.2, -0.15) is 0 Å². The molecular formula is C10H11Cl2NO. The normalized spacial score (nSPS) is 35.2. The second-order valence-electron chi connectivity index (χ2n) is 3.35. The van der Waals surface area contributed by atoms with Gasteiger partial charge in [0.05, 0.1) is 12.3 Å². The van der Waals surface area contributed by atoms with E-state index in [0.29, 0.717) is 5.16 Å². The van der Waals surface area contributed by atoms with Gasteiger partial charge < -0.3 is 10.1 Å². The van der Waals surface area contributed by atoms with Crippen LogP contribution in [0.15, 0.2) is 35.2 Å². The minimum Gasteiger partial charge on any atom is -0.497 e. The number of allylic oxidation sites excluding steroid dienone is 3. The Bertz CT molecular complexity index is 322. The van der Waals surface area contributed by atoms with Crippen molar-refractivity contribution in [1.29, 1.82) is 0 Å². The van der Waals surface area contributed by atoms with Crippen LogP contribution in [0.5, 0.6) is 0 Å². The summed E-state index contributed by atoms with van der Waals surface area (Å²) in [4.78, 5) is 0. The molecule has 2 rings (SSSR count). The lowest BCUT2D eigenvalue weighted by Gasteiger charge is -2.32. The smallest absolute Gasteiger partial charge is 0.115 e. The first-order valence-electron chi connectivity index (χ1n) is 4.42. The molecule has 4 heteroatoms. The molecule has 0 amide bonds. The van der Waals surface area contributed by atoms with Crippen molar-refractivity contribution >= 4 is 23.2 Å². The lowest BCUT2D eigenvalue weighted by Crippen LogP contribution is -2.37. The van der Waals surface area contributed by atoms with Gasteiger partial charge in [-0.15, -0.1) is 0 Å². The third-order valence-corrected chi connectivity index (χ3v) is 3.11. The summed E-state index contributed by atoms with van der Waals surface area (Å²) in [6.07, 6.45) is 7.97. The van der Waals surface area contributed by atoms with Gasteiger partial charge in [-0.05, 0) is 18.2 Å². The van der Waals surface area contributed by atoms with Gasteiger partial charge in [0.1, 0.15) is 11.3 Å². The van der Waals surface area contributed by atoms with Crippen LogP contribution in [0.1, 0.15) is 0 Å². The highest BCUT2D eigenvalue weighted by Crippen LogP contribution is 2.33. The van der Waals surface area contributed by atoms with Crippen molar-refractivity contribution in [2.45, 2.75) is 5.50 Å². The molecule has 14 heavy (non-hydrogen) atoms. The fourth-order valence-corrected chi connectivity index (χ4v) is 2.41. The van der Waals surface area contributed by atoms with E-state index in [0.717, 1.165) is 5.76 Å². The van der Waals surface area contributed by atoms with Crippen LogP contribution < -0.4 is 5.32 Å². The van der Waals surface area contributed by atoms with E-state index in [9.17, 15) is 0 Å². The van der Waals surface area contributed by atoms with Gasteiger partial charge in [-0.1, -0.05) is 29.3 Å². The topological polar surface area (TPSA) is 21.3 Å². The van der Waals surface area contributed by atoms with E-state index in [1.165, 1.54) is 0 Å². The van der Waals surface area contributed by atoms with E-state index in [4.69, 9.17) is 27.9 Å². The monoisotopic (exact) mass is 231 g/mol. The molecule has 0 aromatic rings. The Morgan fingerprint density at radius 2 is 2.21 bits per heavy atom. The average Bonchev–Trinajstić information content (AvgIpc) is 2.16. The number of fused-ring (bicyclic) bond motifs is 1. The van der Waals surface area contributed by atoms with E-state index in [1.54, 1.807) is 7.11 Å². The summed E-state index contributed by atoms with van der Waals surface area (Å²) in [6.45, 7) is 0. The van der Waals surface area contributed by atoms with Crippen molar-refractivity contribution < 1.29 is 4.74 Å². The van der Waals surface area contributed by atoms with Gasteiger partial charge in [0.2, 0.25) is 0 Å². The molecule has 76 valence electrons. The van der Waals surface area contributed by atoms with Crippen molar-refractivity contribution in [3.8, 4) is 0 Å². The highest BCUT2D eigenvalue weighted by Gasteiger charge is 2.30. The highest BCUT2D eigenvalue weighted by atomic mass is 35.5. The third-order valence-electron chi connectivity index (χ3n) is 2.47. The number of nitrogens with one attached hydrogen (secondary N) is 1. The van der Waals surface area contributed by atoms with Crippen molar-refractivity contribution in [3.05, 3.63) is 35.2 Å². The molecule has 0 aromatic carbocycles. The SMILES string of the molecule is COC1=CC2C=C(Cl)NC(Cl)C2C=C1. The Balaban J connectivity index is 2.26. The van der Waals surface area contributed by atoms with Crippen LogP contribution in [0, 0.1) is 11.8 Å². The fourth-order valence-electron chi connectivity index (χ4n) is 1.72. The lowest BCUT2D eigenvalue weighted by atomic mass is 9.86. The minimum absolute atomic E-state index is 0.150. The summed E-state index contributed by atoms with van der Waals surface area (Å²) in [6, 6.07) is 0. The predicted octanol–water partition coefficient (Wildman–Crippen LogP) is 2.57. The second-order valence-corrected chi connectivity index (χ2v) is 4.23. The third kappa shape index (κ3) is 1.77. The molecule has 0 radical (unpaired) electrons. The minimum atomic E-state index is -0.150. The van der Waals surface area contributed by atoms with Gasteiger partial charge >= 0.3 is 0 Å². The molecule has 1 aliphatic heterocycles. The van der Waals surface area contributed by atoms with Crippen LogP contribution in [0.4, 0.5) is 0 Å². The van der Waals surface area contributed by atoms with Gasteiger partial charge in [0.15, 0.2) is 0 Å². The quantitative estimate of drug-likeness (QED) is 0.554. The van der Waals surface area contributed by atoms with Crippen molar-refractivity contribution in [2.75, 3.05) is 7.11 Å². The maximum absolute atomic E-state index is 6.12. The standard InChI is InChI=1S/C10H11Cl2NO/c1-14-7-2-3-8-6(4-7)5-9(11)13-10(8)12/h2-6,8,10,13H,1H3. The molecule has 0 saturated heterocycles. The van der Waals surface area contributed by atoms with Gasteiger partial charge in [-0.25, -0.2) is 0 Å². The predicted molar refractivity (Wildman–Crippen MR) is 57.9 cm³/mol. The molecule has 2 aliphatic rings. The van der Waals surface area contributed by atoms with Crippen molar-refractivity contribution in [1.82, 2.24) is 5.32 Å². The van der Waals surface area contributed by atoms with Gasteiger partial charge in [-0.3, -0.25) is 0 Å². The first-order valence-corrected chi connectivity index (χ1v) is 5.24. The molecule has 1 N–H and O–H groups in total. The van der Waals surface area contributed by atoms with Crippen LogP contribution >= 0.6 is 23.2 Å². The van der Waals surface area contributed by atoms with Gasteiger partial charge in [0, 0.05) is 11.8 Å². The Morgan fingerprint density at radius 1 is 1.43 bits per heavy atom. The molecule has 0 fully saturated rings. The van der Waals surface area contributed by atoms with Crippen molar-refractivity contribution in [2.24, 2.45) is 11.8 Å². The Kier molecular flexibility index (Phi) is 2.75. The molecule has 3 unspecified atom stereocenters. The molecule has 0 aromatic heterocycles. The van der Waals surface area contributed by atoms with Crippen LogP contribution in [-0.2, 0) is 4.74 Å². The molecule has 3 atom stereocenters. The summed E-state index contributed by atoms with van der Waals surface area (Å²) in [5.41, 5.74) is -0.150. The maximum atomic E-state index is 6.12. The zero-order valence-corrected chi connectivity index (χ0v) is 9.22. The number of hydrogen-bond acceptors (Lipinski definition) is 2. The molecular weight excluding hydrogens is 221 g/mol. The van der Waals surface area contributed by atoms with E-state index in [2.05, 4.69) is 5.32 Å². The number of hydrogen-bond donors (Lipinski definition) is 1. The molecule has 1 heterocycles. The van der Waals surface area contributed by atoms with E-state index in [1.807, 2.05) is 24.3 Å². The number of alkyl halides is 1. The summed E-state index contributed by atoms with van der Waals surface area (Å²) < 4.78 is 5.15. The Labute approximate surface area is 93.2 Å². The van der Waals surface area contributed by atoms with Crippen LogP contribution in [0.2, 0.25) is 0 Å². The number of methoxy groups -OCH3 is 1. The number of rotatable bonds is 1.